The van der Waals surface area contributed by atoms with Crippen molar-refractivity contribution in [3.8, 4) is 0 Å². The Balaban J connectivity index is 1.57. The van der Waals surface area contributed by atoms with Crippen molar-refractivity contribution in [3.05, 3.63) is 0 Å². The molecular formula is C18H20F2IO6-. The highest BCUT2D eigenvalue weighted by molar-refractivity contribution is 14.1. The zero-order valence-corrected chi connectivity index (χ0v) is 16.6. The molecule has 0 radical (unpaired) electrons. The van der Waals surface area contributed by atoms with E-state index in [9.17, 15) is 28.3 Å². The van der Waals surface area contributed by atoms with Crippen LogP contribution in [-0.2, 0) is 23.9 Å². The molecule has 3 aliphatic carbocycles. The molecule has 7 atom stereocenters. The number of rotatable bonds is 5. The van der Waals surface area contributed by atoms with E-state index in [1.54, 1.807) is 0 Å². The second-order valence-corrected chi connectivity index (χ2v) is 9.57. The van der Waals surface area contributed by atoms with Gasteiger partial charge in [0.1, 0.15) is 12.1 Å². The number of esters is 2. The van der Waals surface area contributed by atoms with Gasteiger partial charge in [-0.05, 0) is 25.2 Å². The zero-order valence-electron chi connectivity index (χ0n) is 14.4. The first-order valence-corrected chi connectivity index (χ1v) is 10.6. The van der Waals surface area contributed by atoms with Gasteiger partial charge in [-0.15, -0.1) is 0 Å². The maximum absolute atomic E-state index is 14.3. The third-order valence-corrected chi connectivity index (χ3v) is 8.38. The molecule has 27 heavy (non-hydrogen) atoms. The van der Waals surface area contributed by atoms with Crippen LogP contribution in [0.15, 0.2) is 0 Å². The number of hydrogen-bond donors (Lipinski definition) is 0. The van der Waals surface area contributed by atoms with Crippen molar-refractivity contribution < 1.29 is 37.7 Å². The van der Waals surface area contributed by atoms with Gasteiger partial charge >= 0.3 is 17.9 Å². The first-order chi connectivity index (χ1) is 12.7. The van der Waals surface area contributed by atoms with Gasteiger partial charge in [0, 0.05) is 11.8 Å². The Morgan fingerprint density at radius 2 is 1.89 bits per heavy atom. The van der Waals surface area contributed by atoms with Gasteiger partial charge in [0.25, 0.3) is 0 Å². The summed E-state index contributed by atoms with van der Waals surface area (Å²) in [5.41, 5.74) is 0. The SMILES string of the molecule is O=C(OC(C1CCCCC1)C(F)(F)C(=O)[O-])C1C2CC3C(OC(=O)C31)C2I. The monoisotopic (exact) mass is 497 g/mol. The summed E-state index contributed by atoms with van der Waals surface area (Å²) in [4.78, 5) is 36.1. The van der Waals surface area contributed by atoms with Crippen LogP contribution in [0.4, 0.5) is 8.78 Å². The van der Waals surface area contributed by atoms with Crippen LogP contribution < -0.4 is 5.11 Å². The Morgan fingerprint density at radius 1 is 1.22 bits per heavy atom. The van der Waals surface area contributed by atoms with Crippen molar-refractivity contribution >= 4 is 40.5 Å². The van der Waals surface area contributed by atoms with Gasteiger partial charge in [0.15, 0.2) is 6.10 Å². The van der Waals surface area contributed by atoms with Crippen molar-refractivity contribution in [1.82, 2.24) is 0 Å². The van der Waals surface area contributed by atoms with Gasteiger partial charge in [-0.25, -0.2) is 0 Å². The third kappa shape index (κ3) is 2.95. The fourth-order valence-electron chi connectivity index (χ4n) is 5.52. The topological polar surface area (TPSA) is 92.7 Å². The van der Waals surface area contributed by atoms with Crippen LogP contribution in [0, 0.1) is 29.6 Å². The second-order valence-electron chi connectivity index (χ2n) is 8.13. The van der Waals surface area contributed by atoms with Crippen LogP contribution in [0.3, 0.4) is 0 Å². The van der Waals surface area contributed by atoms with E-state index in [1.807, 2.05) is 0 Å². The van der Waals surface area contributed by atoms with E-state index in [2.05, 4.69) is 22.6 Å². The number of fused-ring (bicyclic) bond motifs is 1. The Hall–Kier alpha value is -1.00. The summed E-state index contributed by atoms with van der Waals surface area (Å²) in [7, 11) is 0. The van der Waals surface area contributed by atoms with Crippen molar-refractivity contribution in [2.45, 2.75) is 60.6 Å². The first-order valence-electron chi connectivity index (χ1n) is 9.37. The van der Waals surface area contributed by atoms with Gasteiger partial charge in [-0.1, -0.05) is 41.9 Å². The molecule has 0 amide bonds. The Kier molecular flexibility index (Phi) is 4.87. The fraction of sp³-hybridized carbons (Fsp3) is 0.833. The van der Waals surface area contributed by atoms with E-state index < -0.39 is 47.7 Å². The maximum atomic E-state index is 14.3. The number of carboxylic acids is 1. The minimum absolute atomic E-state index is 0.0670. The average molecular weight is 497 g/mol. The lowest BCUT2D eigenvalue weighted by molar-refractivity contribution is -0.338. The standard InChI is InChI=1S/C18H21F2IO6/c19-18(20,17(24)25)14(7-4-2-1-3-5-7)27-16(23)10-8-6-9-11(10)15(22)26-13(9)12(8)21/h7-14H,1-6H2,(H,24,25)/p-1. The molecule has 0 aromatic heterocycles. The molecule has 1 heterocycles. The Labute approximate surface area is 168 Å². The van der Waals surface area contributed by atoms with Gasteiger partial charge in [-0.2, -0.15) is 8.78 Å². The molecular weight excluding hydrogens is 477 g/mol. The summed E-state index contributed by atoms with van der Waals surface area (Å²) in [6.45, 7) is 0. The number of alkyl halides is 3. The molecule has 150 valence electrons. The average Bonchev–Trinajstić information content (AvgIpc) is 3.24. The maximum Gasteiger partial charge on any atom is 0.323 e. The smallest absolute Gasteiger partial charge is 0.323 e. The summed E-state index contributed by atoms with van der Waals surface area (Å²) < 4.78 is 39.1. The largest absolute Gasteiger partial charge is 0.544 e. The summed E-state index contributed by atoms with van der Waals surface area (Å²) in [6.07, 6.45) is 1.34. The van der Waals surface area contributed by atoms with Crippen LogP contribution >= 0.6 is 22.6 Å². The molecule has 1 saturated heterocycles. The Morgan fingerprint density at radius 3 is 2.52 bits per heavy atom. The number of halogens is 3. The zero-order chi connectivity index (χ0) is 19.5. The van der Waals surface area contributed by atoms with E-state index in [0.717, 1.165) is 6.42 Å². The van der Waals surface area contributed by atoms with E-state index in [1.165, 1.54) is 0 Å². The molecule has 7 unspecified atom stereocenters. The number of ether oxygens (including phenoxy) is 2. The van der Waals surface area contributed by atoms with Crippen molar-refractivity contribution in [2.24, 2.45) is 29.6 Å². The first kappa shape index (κ1) is 19.3. The van der Waals surface area contributed by atoms with Crippen LogP contribution in [0.1, 0.15) is 38.5 Å². The molecule has 4 rings (SSSR count). The lowest BCUT2D eigenvalue weighted by Crippen LogP contribution is -2.55. The predicted molar refractivity (Wildman–Crippen MR) is 92.7 cm³/mol. The molecule has 0 aromatic carbocycles. The number of carbonyl (C=O) groups excluding carboxylic acids is 3. The lowest BCUT2D eigenvalue weighted by Gasteiger charge is -2.37. The second kappa shape index (κ2) is 6.81. The summed E-state index contributed by atoms with van der Waals surface area (Å²) >= 11 is 2.14. The summed E-state index contributed by atoms with van der Waals surface area (Å²) in [5.74, 6) is -10.7. The molecule has 9 heteroatoms. The molecule has 2 bridgehead atoms. The highest BCUT2D eigenvalue weighted by atomic mass is 127. The van der Waals surface area contributed by atoms with E-state index in [-0.39, 0.29) is 21.9 Å². The molecule has 0 aromatic rings. The Bertz CT molecular complexity index is 664. The predicted octanol–water partition coefficient (Wildman–Crippen LogP) is 1.47. The van der Waals surface area contributed by atoms with Gasteiger partial charge in [0.2, 0.25) is 0 Å². The molecule has 4 fully saturated rings. The summed E-state index contributed by atoms with van der Waals surface area (Å²) in [6, 6.07) is 0. The highest BCUT2D eigenvalue weighted by Gasteiger charge is 2.68. The van der Waals surface area contributed by atoms with Crippen molar-refractivity contribution in [2.75, 3.05) is 0 Å². The molecule has 0 spiro atoms. The summed E-state index contributed by atoms with van der Waals surface area (Å²) in [5, 5.41) is 11.0. The highest BCUT2D eigenvalue weighted by Crippen LogP contribution is 2.60. The molecule has 3 saturated carbocycles. The molecule has 1 aliphatic heterocycles. The van der Waals surface area contributed by atoms with E-state index >= 15 is 0 Å². The van der Waals surface area contributed by atoms with E-state index in [4.69, 9.17) is 9.47 Å². The van der Waals surface area contributed by atoms with Crippen molar-refractivity contribution in [1.29, 1.82) is 0 Å². The normalized spacial score (nSPS) is 39.3. The number of carboxylic acid groups (broad SMARTS) is 1. The van der Waals surface area contributed by atoms with Crippen LogP contribution in [0.5, 0.6) is 0 Å². The minimum atomic E-state index is -4.27. The fourth-order valence-corrected chi connectivity index (χ4v) is 6.94. The number of aliphatic carboxylic acids is 1. The third-order valence-electron chi connectivity index (χ3n) is 6.75. The van der Waals surface area contributed by atoms with Gasteiger partial charge in [-0.3, -0.25) is 9.59 Å². The quantitative estimate of drug-likeness (QED) is 0.325. The van der Waals surface area contributed by atoms with E-state index in [0.29, 0.717) is 32.1 Å². The lowest BCUT2D eigenvalue weighted by atomic mass is 9.79. The van der Waals surface area contributed by atoms with Crippen LogP contribution in [-0.4, -0.2) is 40.0 Å². The number of hydrogen-bond acceptors (Lipinski definition) is 6. The van der Waals surface area contributed by atoms with Gasteiger partial charge < -0.3 is 19.4 Å². The molecule has 6 nitrogen and oxygen atoms in total. The molecule has 4 aliphatic rings. The van der Waals surface area contributed by atoms with Crippen molar-refractivity contribution in [3.63, 3.8) is 0 Å². The van der Waals surface area contributed by atoms with Crippen LogP contribution in [0.25, 0.3) is 0 Å². The minimum Gasteiger partial charge on any atom is -0.544 e. The number of carbonyl (C=O) groups is 3. The molecule has 0 N–H and O–H groups in total. The van der Waals surface area contributed by atoms with Gasteiger partial charge in [0.05, 0.1) is 15.8 Å². The van der Waals surface area contributed by atoms with Crippen LogP contribution in [0.2, 0.25) is 0 Å².